The first-order chi connectivity index (χ1) is 12.2. The Morgan fingerprint density at radius 1 is 1.31 bits per heavy atom. The number of methoxy groups -OCH3 is 1. The van der Waals surface area contributed by atoms with Crippen LogP contribution in [0.15, 0.2) is 49.1 Å². The van der Waals surface area contributed by atoms with Crippen molar-refractivity contribution >= 4 is 5.71 Å². The van der Waals surface area contributed by atoms with Crippen LogP contribution < -0.4 is 4.74 Å². The SMILES string of the molecule is C=CC(C)C(=N)c1cc(C#N)c(-c2cccc(C(F)(F)F)c2)cc1OC. The minimum absolute atomic E-state index is 0.168. The highest BCUT2D eigenvalue weighted by atomic mass is 19.4. The zero-order valence-electron chi connectivity index (χ0n) is 14.3. The summed E-state index contributed by atoms with van der Waals surface area (Å²) in [6.45, 7) is 5.43. The first-order valence-electron chi connectivity index (χ1n) is 7.74. The number of hydrogen-bond acceptors (Lipinski definition) is 3. The molecular weight excluding hydrogens is 341 g/mol. The third-order valence-corrected chi connectivity index (χ3v) is 4.06. The number of benzene rings is 2. The highest BCUT2D eigenvalue weighted by Crippen LogP contribution is 2.36. The molecule has 0 heterocycles. The molecule has 0 fully saturated rings. The molecule has 2 aromatic rings. The Kier molecular flexibility index (Phi) is 5.51. The Morgan fingerprint density at radius 3 is 2.54 bits per heavy atom. The van der Waals surface area contributed by atoms with Gasteiger partial charge in [0.15, 0.2) is 0 Å². The van der Waals surface area contributed by atoms with Gasteiger partial charge in [0.2, 0.25) is 0 Å². The second-order valence-electron chi connectivity index (χ2n) is 5.73. The molecule has 2 rings (SSSR count). The number of alkyl halides is 3. The van der Waals surface area contributed by atoms with Crippen LogP contribution >= 0.6 is 0 Å². The van der Waals surface area contributed by atoms with Crippen LogP contribution in [0.5, 0.6) is 5.75 Å². The fraction of sp³-hybridized carbons (Fsp3) is 0.200. The minimum Gasteiger partial charge on any atom is -0.496 e. The van der Waals surface area contributed by atoms with Gasteiger partial charge in [-0.15, -0.1) is 6.58 Å². The second-order valence-corrected chi connectivity index (χ2v) is 5.73. The van der Waals surface area contributed by atoms with Crippen molar-refractivity contribution in [2.24, 2.45) is 5.92 Å². The van der Waals surface area contributed by atoms with E-state index < -0.39 is 11.7 Å². The molecule has 0 aromatic heterocycles. The van der Waals surface area contributed by atoms with Crippen LogP contribution in [-0.4, -0.2) is 12.8 Å². The quantitative estimate of drug-likeness (QED) is 0.571. The molecule has 0 radical (unpaired) electrons. The lowest BCUT2D eigenvalue weighted by molar-refractivity contribution is -0.137. The Hall–Kier alpha value is -3.07. The molecule has 0 saturated carbocycles. The normalized spacial score (nSPS) is 12.2. The molecule has 26 heavy (non-hydrogen) atoms. The summed E-state index contributed by atoms with van der Waals surface area (Å²) in [5, 5.41) is 17.7. The van der Waals surface area contributed by atoms with Gasteiger partial charge in [0.05, 0.1) is 24.3 Å². The first-order valence-corrected chi connectivity index (χ1v) is 7.74. The van der Waals surface area contributed by atoms with Crippen molar-refractivity contribution in [1.82, 2.24) is 0 Å². The van der Waals surface area contributed by atoms with Gasteiger partial charge in [0, 0.05) is 22.8 Å². The number of nitrogens with one attached hydrogen (secondary N) is 1. The number of halogens is 3. The average Bonchev–Trinajstić information content (AvgIpc) is 2.65. The topological polar surface area (TPSA) is 56.9 Å². The third-order valence-electron chi connectivity index (χ3n) is 4.06. The van der Waals surface area contributed by atoms with Crippen LogP contribution in [0.2, 0.25) is 0 Å². The van der Waals surface area contributed by atoms with Gasteiger partial charge in [-0.3, -0.25) is 0 Å². The number of nitriles is 1. The second kappa shape index (κ2) is 7.44. The number of rotatable bonds is 5. The molecule has 2 aromatic carbocycles. The smallest absolute Gasteiger partial charge is 0.416 e. The molecule has 1 unspecified atom stereocenters. The van der Waals surface area contributed by atoms with Crippen molar-refractivity contribution in [3.63, 3.8) is 0 Å². The van der Waals surface area contributed by atoms with Gasteiger partial charge in [-0.05, 0) is 29.8 Å². The summed E-state index contributed by atoms with van der Waals surface area (Å²) in [7, 11) is 1.41. The lowest BCUT2D eigenvalue weighted by Crippen LogP contribution is -2.11. The van der Waals surface area contributed by atoms with Gasteiger partial charge in [0.25, 0.3) is 0 Å². The Bertz CT molecular complexity index is 895. The maximum absolute atomic E-state index is 13.0. The van der Waals surface area contributed by atoms with E-state index in [0.29, 0.717) is 16.9 Å². The number of nitrogens with zero attached hydrogens (tertiary/aromatic N) is 1. The van der Waals surface area contributed by atoms with Gasteiger partial charge in [-0.25, -0.2) is 0 Å². The molecule has 0 aliphatic rings. The highest BCUT2D eigenvalue weighted by molar-refractivity contribution is 6.04. The zero-order chi connectivity index (χ0) is 19.5. The Morgan fingerprint density at radius 2 is 2.00 bits per heavy atom. The molecule has 134 valence electrons. The lowest BCUT2D eigenvalue weighted by atomic mass is 9.91. The van der Waals surface area contributed by atoms with E-state index in [-0.39, 0.29) is 22.8 Å². The molecular formula is C20H17F3N2O. The third kappa shape index (κ3) is 3.77. The average molecular weight is 358 g/mol. The van der Waals surface area contributed by atoms with Crippen LogP contribution in [0.3, 0.4) is 0 Å². The van der Waals surface area contributed by atoms with E-state index in [1.165, 1.54) is 31.4 Å². The number of allylic oxidation sites excluding steroid dienone is 1. The summed E-state index contributed by atoms with van der Waals surface area (Å²) in [5.74, 6) is 0.0463. The van der Waals surface area contributed by atoms with Crippen molar-refractivity contribution in [3.8, 4) is 22.9 Å². The number of hydrogen-bond donors (Lipinski definition) is 1. The van der Waals surface area contributed by atoms with Crippen LogP contribution in [0.1, 0.15) is 23.6 Å². The van der Waals surface area contributed by atoms with Crippen LogP contribution in [0.25, 0.3) is 11.1 Å². The van der Waals surface area contributed by atoms with Gasteiger partial charge >= 0.3 is 6.18 Å². The molecule has 0 spiro atoms. The van der Waals surface area contributed by atoms with Crippen molar-refractivity contribution < 1.29 is 17.9 Å². The predicted molar refractivity (Wildman–Crippen MR) is 94.3 cm³/mol. The summed E-state index contributed by atoms with van der Waals surface area (Å²) in [5.41, 5.74) is 0.565. The Labute approximate surface area is 149 Å². The van der Waals surface area contributed by atoms with Crippen molar-refractivity contribution in [2.45, 2.75) is 13.1 Å². The summed E-state index contributed by atoms with van der Waals surface area (Å²) >= 11 is 0. The fourth-order valence-corrected chi connectivity index (χ4v) is 2.52. The van der Waals surface area contributed by atoms with Crippen molar-refractivity contribution in [1.29, 1.82) is 10.7 Å². The van der Waals surface area contributed by atoms with E-state index in [4.69, 9.17) is 10.1 Å². The van der Waals surface area contributed by atoms with Gasteiger partial charge in [-0.1, -0.05) is 25.1 Å². The number of ether oxygens (including phenoxy) is 1. The fourth-order valence-electron chi connectivity index (χ4n) is 2.52. The highest BCUT2D eigenvalue weighted by Gasteiger charge is 2.30. The van der Waals surface area contributed by atoms with E-state index in [2.05, 4.69) is 6.58 Å². The molecule has 0 bridgehead atoms. The lowest BCUT2D eigenvalue weighted by Gasteiger charge is -2.16. The van der Waals surface area contributed by atoms with Crippen LogP contribution in [0.4, 0.5) is 13.2 Å². The minimum atomic E-state index is -4.48. The standard InChI is InChI=1S/C20H17F3N2O/c1-4-12(2)19(25)17-9-14(11-24)16(10-18(17)26-3)13-6-5-7-15(8-13)20(21,22)23/h4-10,12,25H,1H2,2-3H3. The van der Waals surface area contributed by atoms with Crippen LogP contribution in [0, 0.1) is 22.7 Å². The van der Waals surface area contributed by atoms with Gasteiger partial charge < -0.3 is 10.1 Å². The van der Waals surface area contributed by atoms with E-state index >= 15 is 0 Å². The summed E-state index contributed by atoms with van der Waals surface area (Å²) in [4.78, 5) is 0. The molecule has 6 heteroatoms. The zero-order valence-corrected chi connectivity index (χ0v) is 14.3. The first kappa shape index (κ1) is 19.3. The molecule has 0 saturated heterocycles. The van der Waals surface area contributed by atoms with E-state index in [1.807, 2.05) is 6.07 Å². The monoisotopic (exact) mass is 358 g/mol. The maximum Gasteiger partial charge on any atom is 0.416 e. The summed E-state index contributed by atoms with van der Waals surface area (Å²) in [6, 6.07) is 9.72. The van der Waals surface area contributed by atoms with Gasteiger partial charge in [0.1, 0.15) is 5.75 Å². The molecule has 1 atom stereocenters. The molecule has 3 nitrogen and oxygen atoms in total. The van der Waals surface area contributed by atoms with Crippen molar-refractivity contribution in [3.05, 3.63) is 65.7 Å². The molecule has 0 aliphatic carbocycles. The van der Waals surface area contributed by atoms with Crippen LogP contribution in [-0.2, 0) is 6.18 Å². The maximum atomic E-state index is 13.0. The van der Waals surface area contributed by atoms with Crippen molar-refractivity contribution in [2.75, 3.05) is 7.11 Å². The van der Waals surface area contributed by atoms with Gasteiger partial charge in [-0.2, -0.15) is 18.4 Å². The molecule has 0 aliphatic heterocycles. The molecule has 0 amide bonds. The molecule has 1 N–H and O–H groups in total. The largest absolute Gasteiger partial charge is 0.496 e. The van der Waals surface area contributed by atoms with E-state index in [9.17, 15) is 18.4 Å². The summed E-state index contributed by atoms with van der Waals surface area (Å²) < 4.78 is 44.3. The van der Waals surface area contributed by atoms with E-state index in [0.717, 1.165) is 12.1 Å². The Balaban J connectivity index is 2.67. The summed E-state index contributed by atoms with van der Waals surface area (Å²) in [6.07, 6.45) is -2.89. The van der Waals surface area contributed by atoms with E-state index in [1.54, 1.807) is 13.0 Å². The predicted octanol–water partition coefficient (Wildman–Crippen LogP) is 5.44.